The number of carbonyl (C=O) groups is 2. The largest absolute Gasteiger partial charge is 2.00 e. The summed E-state index contributed by atoms with van der Waals surface area (Å²) in [6.45, 7) is 14.6. The van der Waals surface area contributed by atoms with Crippen molar-refractivity contribution in [2.45, 2.75) is 79.6 Å². The smallest absolute Gasteiger partial charge is 0.542 e. The molecule has 0 atom stereocenters. The van der Waals surface area contributed by atoms with Gasteiger partial charge in [0, 0.05) is 24.2 Å². The standard InChI is InChI=1S/2C8H16N2O2.Mn/c2*1-5(2)9-7(8(11)12)10-6(3)4;/h2*5-6H,1-4H3,(H,9,10)(H,11,12);/q;;+2/p-2. The molecule has 0 saturated carbocycles. The van der Waals surface area contributed by atoms with E-state index in [9.17, 15) is 19.8 Å². The molecule has 0 amide bonds. The van der Waals surface area contributed by atoms with Crippen molar-refractivity contribution < 1.29 is 36.9 Å². The van der Waals surface area contributed by atoms with E-state index in [4.69, 9.17) is 0 Å². The average molecular weight is 397 g/mol. The summed E-state index contributed by atoms with van der Waals surface area (Å²) in [5.74, 6) is -2.64. The van der Waals surface area contributed by atoms with E-state index in [-0.39, 0.29) is 52.9 Å². The minimum absolute atomic E-state index is 0. The van der Waals surface area contributed by atoms with Crippen molar-refractivity contribution in [2.24, 2.45) is 9.98 Å². The second-order valence-corrected chi connectivity index (χ2v) is 6.32. The molecule has 0 aromatic heterocycles. The third-order valence-electron chi connectivity index (χ3n) is 2.01. The Bertz CT molecular complexity index is 419. The van der Waals surface area contributed by atoms with Crippen LogP contribution in [-0.4, -0.2) is 47.8 Å². The fourth-order valence-corrected chi connectivity index (χ4v) is 1.36. The molecule has 0 aromatic carbocycles. The molecule has 0 aromatic rings. The van der Waals surface area contributed by atoms with E-state index in [1.54, 1.807) is 0 Å². The monoisotopic (exact) mass is 397 g/mol. The topological polar surface area (TPSA) is 129 Å². The Balaban J connectivity index is -0.000000372. The van der Waals surface area contributed by atoms with Gasteiger partial charge in [0.05, 0.1) is 0 Å². The third kappa shape index (κ3) is 18.6. The van der Waals surface area contributed by atoms with Crippen LogP contribution < -0.4 is 20.8 Å². The zero-order valence-corrected chi connectivity index (χ0v) is 17.4. The summed E-state index contributed by atoms with van der Waals surface area (Å²) in [6.07, 6.45) is 0. The van der Waals surface area contributed by atoms with Gasteiger partial charge in [0.15, 0.2) is 0 Å². The van der Waals surface area contributed by atoms with Gasteiger partial charge < -0.3 is 30.4 Å². The first-order valence-corrected chi connectivity index (χ1v) is 7.98. The number of rotatable bonds is 4. The van der Waals surface area contributed by atoms with Crippen LogP contribution >= 0.6 is 0 Å². The summed E-state index contributed by atoms with van der Waals surface area (Å²) < 4.78 is 0. The molecule has 0 saturated heterocycles. The van der Waals surface area contributed by atoms with Gasteiger partial charge in [-0.25, -0.2) is 0 Å². The van der Waals surface area contributed by atoms with Crippen molar-refractivity contribution >= 4 is 23.6 Å². The van der Waals surface area contributed by atoms with Crippen LogP contribution in [0.1, 0.15) is 55.4 Å². The SMILES string of the molecule is CC(C)N=C(NC(C)C)C(=O)[O-].CC(C)N=C(NC(C)C)C(=O)[O-].[Mn+2]. The maximum Gasteiger partial charge on any atom is 2.00 e. The fourth-order valence-electron chi connectivity index (χ4n) is 1.36. The van der Waals surface area contributed by atoms with Crippen molar-refractivity contribution in [1.82, 2.24) is 10.6 Å². The maximum atomic E-state index is 10.5. The molecule has 0 spiro atoms. The molecule has 0 aliphatic carbocycles. The number of aliphatic imine (C=N–C) groups is 2. The summed E-state index contributed by atoms with van der Waals surface area (Å²) in [6, 6.07) is 0.0362. The van der Waals surface area contributed by atoms with E-state index in [0.29, 0.717) is 0 Å². The number of carbonyl (C=O) groups excluding carboxylic acids is 2. The number of nitrogens with one attached hydrogen (secondary N) is 2. The molecule has 25 heavy (non-hydrogen) atoms. The Morgan fingerprint density at radius 1 is 0.680 bits per heavy atom. The van der Waals surface area contributed by atoms with Crippen LogP contribution in [0.4, 0.5) is 0 Å². The Morgan fingerprint density at radius 3 is 1.04 bits per heavy atom. The van der Waals surface area contributed by atoms with Crippen LogP contribution in [0.5, 0.6) is 0 Å². The first-order valence-electron chi connectivity index (χ1n) is 7.98. The molecular formula is C16H30MnN4O4. The van der Waals surface area contributed by atoms with E-state index >= 15 is 0 Å². The molecule has 0 aliphatic heterocycles. The molecule has 8 nitrogen and oxygen atoms in total. The normalized spacial score (nSPS) is 11.8. The predicted octanol–water partition coefficient (Wildman–Crippen LogP) is -0.920. The van der Waals surface area contributed by atoms with Crippen molar-refractivity contribution in [3.8, 4) is 0 Å². The molecule has 145 valence electrons. The van der Waals surface area contributed by atoms with Gasteiger partial charge in [-0.1, -0.05) is 0 Å². The van der Waals surface area contributed by atoms with E-state index < -0.39 is 11.9 Å². The van der Waals surface area contributed by atoms with Crippen molar-refractivity contribution in [3.63, 3.8) is 0 Å². The minimum Gasteiger partial charge on any atom is -0.542 e. The van der Waals surface area contributed by atoms with Gasteiger partial charge in [-0.05, 0) is 55.4 Å². The zero-order valence-electron chi connectivity index (χ0n) is 16.2. The number of nitrogens with zero attached hydrogens (tertiary/aromatic N) is 2. The second-order valence-electron chi connectivity index (χ2n) is 6.32. The van der Waals surface area contributed by atoms with Crippen LogP contribution in [0.25, 0.3) is 0 Å². The molecule has 9 heteroatoms. The van der Waals surface area contributed by atoms with Gasteiger partial charge in [-0.3, -0.25) is 9.98 Å². The molecule has 0 rings (SSSR count). The molecule has 0 heterocycles. The molecule has 0 bridgehead atoms. The first kappa shape index (κ1) is 28.2. The van der Waals surface area contributed by atoms with Crippen molar-refractivity contribution in [1.29, 1.82) is 0 Å². The van der Waals surface area contributed by atoms with Gasteiger partial charge in [-0.2, -0.15) is 0 Å². The Kier molecular flexibility index (Phi) is 16.6. The number of amidine groups is 2. The van der Waals surface area contributed by atoms with Crippen LogP contribution in [0.3, 0.4) is 0 Å². The summed E-state index contributed by atoms with van der Waals surface area (Å²) in [5, 5.41) is 26.3. The number of hydrogen-bond acceptors (Lipinski definition) is 6. The third-order valence-corrected chi connectivity index (χ3v) is 2.01. The fraction of sp³-hybridized carbons (Fsp3) is 0.750. The quantitative estimate of drug-likeness (QED) is 0.359. The van der Waals surface area contributed by atoms with Crippen molar-refractivity contribution in [3.05, 3.63) is 0 Å². The molecule has 0 unspecified atom stereocenters. The van der Waals surface area contributed by atoms with E-state index in [1.807, 2.05) is 55.4 Å². The van der Waals surface area contributed by atoms with Gasteiger partial charge in [0.25, 0.3) is 0 Å². The summed E-state index contributed by atoms with van der Waals surface area (Å²) in [7, 11) is 0. The minimum atomic E-state index is -1.25. The van der Waals surface area contributed by atoms with E-state index in [2.05, 4.69) is 20.6 Å². The molecular weight excluding hydrogens is 367 g/mol. The van der Waals surface area contributed by atoms with Crippen molar-refractivity contribution in [2.75, 3.05) is 0 Å². The summed E-state index contributed by atoms with van der Waals surface area (Å²) in [4.78, 5) is 28.7. The molecule has 0 fully saturated rings. The predicted molar refractivity (Wildman–Crippen MR) is 91.7 cm³/mol. The van der Waals surface area contributed by atoms with Gasteiger partial charge >= 0.3 is 17.1 Å². The Labute approximate surface area is 161 Å². The Morgan fingerprint density at radius 2 is 0.920 bits per heavy atom. The number of hydrogen-bond donors (Lipinski definition) is 2. The second kappa shape index (κ2) is 14.7. The summed E-state index contributed by atoms with van der Waals surface area (Å²) >= 11 is 0. The van der Waals surface area contributed by atoms with Crippen LogP contribution in [0.2, 0.25) is 0 Å². The first-order chi connectivity index (χ1) is 10.9. The molecule has 1 radical (unpaired) electrons. The van der Waals surface area contributed by atoms with Gasteiger partial charge in [-0.15, -0.1) is 0 Å². The maximum absolute atomic E-state index is 10.5. The van der Waals surface area contributed by atoms with Crippen LogP contribution in [-0.2, 0) is 26.7 Å². The zero-order chi connectivity index (χ0) is 19.4. The number of carboxylic acids is 2. The summed E-state index contributed by atoms with van der Waals surface area (Å²) in [5.41, 5.74) is 0. The number of carboxylic acid groups (broad SMARTS) is 2. The van der Waals surface area contributed by atoms with Crippen LogP contribution in [0, 0.1) is 0 Å². The Hall–Kier alpha value is -1.60. The molecule has 2 N–H and O–H groups in total. The van der Waals surface area contributed by atoms with Crippen LogP contribution in [0.15, 0.2) is 9.98 Å². The number of aliphatic carboxylic acids is 2. The average Bonchev–Trinajstić information content (AvgIpc) is 2.35. The molecule has 0 aliphatic rings. The van der Waals surface area contributed by atoms with Gasteiger partial charge in [0.1, 0.15) is 23.6 Å². The van der Waals surface area contributed by atoms with E-state index in [1.165, 1.54) is 0 Å². The van der Waals surface area contributed by atoms with Gasteiger partial charge in [0.2, 0.25) is 0 Å². The van der Waals surface area contributed by atoms with E-state index in [0.717, 1.165) is 0 Å².